The molecule has 2 aromatic carbocycles. The molecule has 4 nitrogen and oxygen atoms in total. The Hall–Kier alpha value is -1.14. The zero-order valence-corrected chi connectivity index (χ0v) is 13.0. The number of sulfonamides is 1. The van der Waals surface area contributed by atoms with Crippen molar-refractivity contribution < 1.29 is 8.42 Å². The summed E-state index contributed by atoms with van der Waals surface area (Å²) in [4.78, 5) is -0.0792. The first-order chi connectivity index (χ1) is 9.28. The second-order valence-electron chi connectivity index (χ2n) is 3.95. The molecular weight excluding hydrogens is 343 g/mol. The number of nitrogens with two attached hydrogens (primary N) is 1. The molecule has 20 heavy (non-hydrogen) atoms. The molecule has 0 bridgehead atoms. The summed E-state index contributed by atoms with van der Waals surface area (Å²) in [6.45, 7) is 0. The van der Waals surface area contributed by atoms with Crippen molar-refractivity contribution in [1.82, 2.24) is 0 Å². The number of hydrogen-bond donors (Lipinski definition) is 2. The molecule has 0 atom stereocenters. The SMILES string of the molecule is Nc1ccc(S(=O)(=O)Nc2cc(Cl)cc(Cl)c2)c(Cl)c1. The van der Waals surface area contributed by atoms with Crippen LogP contribution in [-0.4, -0.2) is 8.42 Å². The molecule has 2 rings (SSSR count). The molecule has 0 radical (unpaired) electrons. The average molecular weight is 352 g/mol. The second kappa shape index (κ2) is 5.69. The molecule has 8 heteroatoms. The zero-order chi connectivity index (χ0) is 14.9. The topological polar surface area (TPSA) is 72.2 Å². The van der Waals surface area contributed by atoms with Crippen LogP contribution in [0, 0.1) is 0 Å². The lowest BCUT2D eigenvalue weighted by Crippen LogP contribution is -2.13. The molecule has 0 saturated carbocycles. The van der Waals surface area contributed by atoms with Crippen LogP contribution in [0.25, 0.3) is 0 Å². The van der Waals surface area contributed by atoms with Gasteiger partial charge in [0.1, 0.15) is 4.90 Å². The lowest BCUT2D eigenvalue weighted by molar-refractivity contribution is 0.601. The summed E-state index contributed by atoms with van der Waals surface area (Å²) in [5, 5.41) is 0.669. The smallest absolute Gasteiger partial charge is 0.263 e. The Bertz CT molecular complexity index is 743. The monoisotopic (exact) mass is 350 g/mol. The summed E-state index contributed by atoms with van der Waals surface area (Å²) in [5.74, 6) is 0. The van der Waals surface area contributed by atoms with E-state index in [9.17, 15) is 8.42 Å². The summed E-state index contributed by atoms with van der Waals surface area (Å²) in [6, 6.07) is 8.52. The number of rotatable bonds is 3. The normalized spacial score (nSPS) is 11.3. The lowest BCUT2D eigenvalue weighted by atomic mass is 10.3. The van der Waals surface area contributed by atoms with E-state index in [2.05, 4.69) is 4.72 Å². The molecule has 2 aromatic rings. The molecule has 0 aromatic heterocycles. The Labute approximate surface area is 131 Å². The molecule has 3 N–H and O–H groups in total. The fraction of sp³-hybridized carbons (Fsp3) is 0. The van der Waals surface area contributed by atoms with Gasteiger partial charge in [-0.2, -0.15) is 0 Å². The summed E-state index contributed by atoms with van der Waals surface area (Å²) in [7, 11) is -3.85. The van der Waals surface area contributed by atoms with Crippen molar-refractivity contribution in [1.29, 1.82) is 0 Å². The van der Waals surface area contributed by atoms with Crippen molar-refractivity contribution in [3.05, 3.63) is 51.5 Å². The molecule has 0 fully saturated rings. The van der Waals surface area contributed by atoms with Gasteiger partial charge in [0.2, 0.25) is 0 Å². The Balaban J connectivity index is 2.40. The van der Waals surface area contributed by atoms with Crippen LogP contribution in [0.2, 0.25) is 15.1 Å². The van der Waals surface area contributed by atoms with E-state index in [0.29, 0.717) is 15.7 Å². The van der Waals surface area contributed by atoms with Crippen molar-refractivity contribution in [3.63, 3.8) is 0 Å². The number of anilines is 2. The van der Waals surface area contributed by atoms with Gasteiger partial charge in [0, 0.05) is 15.7 Å². The van der Waals surface area contributed by atoms with Crippen molar-refractivity contribution in [2.45, 2.75) is 4.90 Å². The van der Waals surface area contributed by atoms with Crippen LogP contribution in [0.3, 0.4) is 0 Å². The van der Waals surface area contributed by atoms with Gasteiger partial charge in [-0.25, -0.2) is 8.42 Å². The number of nitrogens with one attached hydrogen (secondary N) is 1. The van der Waals surface area contributed by atoms with Gasteiger partial charge in [-0.15, -0.1) is 0 Å². The predicted molar refractivity (Wildman–Crippen MR) is 83.1 cm³/mol. The van der Waals surface area contributed by atoms with Crippen LogP contribution in [0.4, 0.5) is 11.4 Å². The molecule has 0 unspecified atom stereocenters. The largest absolute Gasteiger partial charge is 0.399 e. The minimum absolute atomic E-state index is 0.0330. The van der Waals surface area contributed by atoms with E-state index in [1.54, 1.807) is 0 Å². The van der Waals surface area contributed by atoms with Gasteiger partial charge < -0.3 is 5.73 Å². The third kappa shape index (κ3) is 3.49. The fourth-order valence-corrected chi connectivity index (χ4v) is 3.68. The molecular formula is C12H9Cl3N2O2S. The van der Waals surface area contributed by atoms with E-state index in [-0.39, 0.29) is 15.6 Å². The lowest BCUT2D eigenvalue weighted by Gasteiger charge is -2.10. The summed E-state index contributed by atoms with van der Waals surface area (Å²) in [5.41, 5.74) is 6.15. The Morgan fingerprint density at radius 1 is 0.950 bits per heavy atom. The Morgan fingerprint density at radius 2 is 1.55 bits per heavy atom. The standard InChI is InChI=1S/C12H9Cl3N2O2S/c13-7-3-8(14)5-10(4-7)17-20(18,19)12-2-1-9(16)6-11(12)15/h1-6,17H,16H2. The van der Waals surface area contributed by atoms with Crippen molar-refractivity contribution in [2.24, 2.45) is 0 Å². The van der Waals surface area contributed by atoms with Gasteiger partial charge in [0.25, 0.3) is 10.0 Å². The van der Waals surface area contributed by atoms with Crippen molar-refractivity contribution in [3.8, 4) is 0 Å². The van der Waals surface area contributed by atoms with Gasteiger partial charge in [-0.1, -0.05) is 34.8 Å². The zero-order valence-electron chi connectivity index (χ0n) is 9.90. The number of hydrogen-bond acceptors (Lipinski definition) is 3. The van der Waals surface area contributed by atoms with Crippen LogP contribution >= 0.6 is 34.8 Å². The highest BCUT2D eigenvalue weighted by Gasteiger charge is 2.18. The maximum absolute atomic E-state index is 12.2. The van der Waals surface area contributed by atoms with Gasteiger partial charge in [0.05, 0.1) is 10.7 Å². The number of halogens is 3. The molecule has 106 valence electrons. The molecule has 0 saturated heterocycles. The quantitative estimate of drug-likeness (QED) is 0.820. The molecule has 0 spiro atoms. The van der Waals surface area contributed by atoms with Gasteiger partial charge >= 0.3 is 0 Å². The first kappa shape index (κ1) is 15.3. The van der Waals surface area contributed by atoms with E-state index in [4.69, 9.17) is 40.5 Å². The molecule has 0 aliphatic carbocycles. The van der Waals surface area contributed by atoms with Crippen LogP contribution in [0.5, 0.6) is 0 Å². The Morgan fingerprint density at radius 3 is 2.10 bits per heavy atom. The van der Waals surface area contributed by atoms with Gasteiger partial charge in [0.15, 0.2) is 0 Å². The summed E-state index contributed by atoms with van der Waals surface area (Å²) >= 11 is 17.5. The highest BCUT2D eigenvalue weighted by Crippen LogP contribution is 2.28. The predicted octanol–water partition coefficient (Wildman–Crippen LogP) is 4.03. The highest BCUT2D eigenvalue weighted by atomic mass is 35.5. The van der Waals surface area contributed by atoms with Gasteiger partial charge in [-0.3, -0.25) is 4.72 Å². The van der Waals surface area contributed by atoms with E-state index in [0.717, 1.165) is 0 Å². The first-order valence-corrected chi connectivity index (χ1v) is 7.93. The van der Waals surface area contributed by atoms with E-state index in [1.165, 1.54) is 36.4 Å². The highest BCUT2D eigenvalue weighted by molar-refractivity contribution is 7.92. The molecule has 0 amide bonds. The second-order valence-corrected chi connectivity index (χ2v) is 6.88. The third-order valence-electron chi connectivity index (χ3n) is 2.36. The maximum Gasteiger partial charge on any atom is 0.263 e. The molecule has 0 aliphatic heterocycles. The van der Waals surface area contributed by atoms with Crippen LogP contribution in [0.1, 0.15) is 0 Å². The van der Waals surface area contributed by atoms with Crippen LogP contribution in [-0.2, 0) is 10.0 Å². The fourth-order valence-electron chi connectivity index (χ4n) is 1.56. The third-order valence-corrected chi connectivity index (χ3v) is 4.66. The summed E-state index contributed by atoms with van der Waals surface area (Å²) in [6.07, 6.45) is 0. The van der Waals surface area contributed by atoms with E-state index < -0.39 is 10.0 Å². The minimum atomic E-state index is -3.85. The molecule has 0 heterocycles. The van der Waals surface area contributed by atoms with Crippen LogP contribution in [0.15, 0.2) is 41.3 Å². The minimum Gasteiger partial charge on any atom is -0.399 e. The average Bonchev–Trinajstić information content (AvgIpc) is 2.25. The Kier molecular flexibility index (Phi) is 4.34. The van der Waals surface area contributed by atoms with Crippen LogP contribution < -0.4 is 10.5 Å². The summed E-state index contributed by atoms with van der Waals surface area (Å²) < 4.78 is 26.8. The number of nitrogen functional groups attached to an aromatic ring is 1. The first-order valence-electron chi connectivity index (χ1n) is 5.32. The number of benzene rings is 2. The van der Waals surface area contributed by atoms with E-state index in [1.807, 2.05) is 0 Å². The van der Waals surface area contributed by atoms with Gasteiger partial charge in [-0.05, 0) is 36.4 Å². The maximum atomic E-state index is 12.2. The van der Waals surface area contributed by atoms with Crippen molar-refractivity contribution >= 4 is 56.2 Å². The van der Waals surface area contributed by atoms with Crippen molar-refractivity contribution in [2.75, 3.05) is 10.5 Å². The molecule has 0 aliphatic rings. The van der Waals surface area contributed by atoms with E-state index >= 15 is 0 Å².